The van der Waals surface area contributed by atoms with E-state index in [1.165, 1.54) is 7.11 Å². The van der Waals surface area contributed by atoms with E-state index in [4.69, 9.17) is 11.6 Å². The maximum Gasteiger partial charge on any atom is 0.343 e. The molecule has 0 radical (unpaired) electrons. The third kappa shape index (κ3) is 1.96. The van der Waals surface area contributed by atoms with Crippen LogP contribution in [0.5, 0.6) is 0 Å². The van der Waals surface area contributed by atoms with Gasteiger partial charge in [-0.1, -0.05) is 11.6 Å². The Morgan fingerprint density at radius 2 is 2.29 bits per heavy atom. The Morgan fingerprint density at radius 1 is 1.64 bits per heavy atom. The van der Waals surface area contributed by atoms with Crippen molar-refractivity contribution in [1.82, 2.24) is 4.98 Å². The van der Waals surface area contributed by atoms with Crippen molar-refractivity contribution in [2.45, 2.75) is 6.92 Å². The van der Waals surface area contributed by atoms with Crippen molar-refractivity contribution in [1.29, 1.82) is 0 Å². The first kappa shape index (κ1) is 10.8. The largest absolute Gasteiger partial charge is 0.465 e. The molecule has 1 rings (SSSR count). The van der Waals surface area contributed by atoms with E-state index in [9.17, 15) is 4.79 Å². The monoisotopic (exact) mass is 214 g/mol. The summed E-state index contributed by atoms with van der Waals surface area (Å²) in [5.41, 5.74) is 1.01. The molecule has 0 aromatic carbocycles. The maximum absolute atomic E-state index is 11.3. The van der Waals surface area contributed by atoms with E-state index in [2.05, 4.69) is 15.0 Å². The fraction of sp³-hybridized carbons (Fsp3) is 0.333. The molecular formula is C9H11ClN2O2. The SMILES string of the molecule is CNc1nc(C)cc(Cl)c1C(=O)OC. The van der Waals surface area contributed by atoms with Crippen molar-refractivity contribution >= 4 is 23.4 Å². The number of methoxy groups -OCH3 is 1. The van der Waals surface area contributed by atoms with Gasteiger partial charge in [0.1, 0.15) is 11.4 Å². The van der Waals surface area contributed by atoms with Gasteiger partial charge in [-0.2, -0.15) is 0 Å². The molecule has 0 aliphatic rings. The molecule has 0 fully saturated rings. The molecule has 0 saturated heterocycles. The highest BCUT2D eigenvalue weighted by atomic mass is 35.5. The van der Waals surface area contributed by atoms with Gasteiger partial charge in [-0.15, -0.1) is 0 Å². The van der Waals surface area contributed by atoms with Gasteiger partial charge >= 0.3 is 5.97 Å². The summed E-state index contributed by atoms with van der Waals surface area (Å²) in [5, 5.41) is 3.14. The third-order valence-corrected chi connectivity index (χ3v) is 2.02. The number of aromatic nitrogens is 1. The molecule has 1 heterocycles. The minimum atomic E-state index is -0.494. The standard InChI is InChI=1S/C9H11ClN2O2/c1-5-4-6(10)7(9(13)14-3)8(11-2)12-5/h4H,1-3H3,(H,11,12). The molecule has 14 heavy (non-hydrogen) atoms. The van der Waals surface area contributed by atoms with E-state index < -0.39 is 5.97 Å². The number of esters is 1. The van der Waals surface area contributed by atoms with Gasteiger partial charge in [0.05, 0.1) is 12.1 Å². The zero-order valence-corrected chi connectivity index (χ0v) is 8.97. The number of carbonyl (C=O) groups excluding carboxylic acids is 1. The Hall–Kier alpha value is -1.29. The van der Waals surface area contributed by atoms with Gasteiger partial charge in [-0.05, 0) is 13.0 Å². The van der Waals surface area contributed by atoms with E-state index in [0.29, 0.717) is 10.8 Å². The summed E-state index contributed by atoms with van der Waals surface area (Å²) < 4.78 is 4.60. The number of carbonyl (C=O) groups is 1. The molecule has 5 heteroatoms. The molecule has 1 aromatic rings. The topological polar surface area (TPSA) is 51.2 Å². The molecule has 0 unspecified atom stereocenters. The van der Waals surface area contributed by atoms with Gasteiger partial charge in [0.25, 0.3) is 0 Å². The lowest BCUT2D eigenvalue weighted by molar-refractivity contribution is 0.0601. The quantitative estimate of drug-likeness (QED) is 0.764. The smallest absolute Gasteiger partial charge is 0.343 e. The van der Waals surface area contributed by atoms with Gasteiger partial charge in [-0.25, -0.2) is 9.78 Å². The Morgan fingerprint density at radius 3 is 2.79 bits per heavy atom. The van der Waals surface area contributed by atoms with Crippen LogP contribution in [0.4, 0.5) is 5.82 Å². The summed E-state index contributed by atoms with van der Waals surface area (Å²) in [5.74, 6) is -0.0614. The second-order valence-corrected chi connectivity index (χ2v) is 3.12. The highest BCUT2D eigenvalue weighted by Gasteiger charge is 2.17. The summed E-state index contributed by atoms with van der Waals surface area (Å²) in [7, 11) is 2.97. The minimum Gasteiger partial charge on any atom is -0.465 e. The first-order valence-electron chi connectivity index (χ1n) is 4.03. The lowest BCUT2D eigenvalue weighted by Gasteiger charge is -2.08. The molecular weight excluding hydrogens is 204 g/mol. The average molecular weight is 215 g/mol. The van der Waals surface area contributed by atoms with Gasteiger partial charge in [-0.3, -0.25) is 0 Å². The predicted molar refractivity (Wildman–Crippen MR) is 54.9 cm³/mol. The highest BCUT2D eigenvalue weighted by molar-refractivity contribution is 6.34. The van der Waals surface area contributed by atoms with E-state index in [-0.39, 0.29) is 5.56 Å². The molecule has 0 saturated carbocycles. The van der Waals surface area contributed by atoms with E-state index >= 15 is 0 Å². The number of halogens is 1. The Bertz CT molecular complexity index is 366. The van der Waals surface area contributed by atoms with Crippen LogP contribution in [0, 0.1) is 6.92 Å². The third-order valence-electron chi connectivity index (χ3n) is 1.73. The average Bonchev–Trinajstić information content (AvgIpc) is 2.15. The zero-order valence-electron chi connectivity index (χ0n) is 8.22. The molecule has 0 atom stereocenters. The predicted octanol–water partition coefficient (Wildman–Crippen LogP) is 1.87. The molecule has 0 amide bonds. The Labute approximate surface area is 87.2 Å². The lowest BCUT2D eigenvalue weighted by atomic mass is 10.2. The van der Waals surface area contributed by atoms with Crippen LogP contribution in [0.25, 0.3) is 0 Å². The number of pyridine rings is 1. The van der Waals surface area contributed by atoms with Crippen molar-refractivity contribution in [3.63, 3.8) is 0 Å². The first-order chi connectivity index (χ1) is 6.60. The minimum absolute atomic E-state index is 0.266. The number of nitrogens with zero attached hydrogens (tertiary/aromatic N) is 1. The van der Waals surface area contributed by atoms with Crippen molar-refractivity contribution < 1.29 is 9.53 Å². The molecule has 0 spiro atoms. The van der Waals surface area contributed by atoms with Crippen molar-refractivity contribution in [2.24, 2.45) is 0 Å². The zero-order chi connectivity index (χ0) is 10.7. The van der Waals surface area contributed by atoms with Crippen LogP contribution < -0.4 is 5.32 Å². The van der Waals surface area contributed by atoms with Crippen LogP contribution in [-0.2, 0) is 4.74 Å². The summed E-state index contributed by atoms with van der Waals surface area (Å²) in [6.45, 7) is 1.80. The second kappa shape index (κ2) is 4.28. The number of ether oxygens (including phenoxy) is 1. The lowest BCUT2D eigenvalue weighted by Crippen LogP contribution is -2.09. The summed E-state index contributed by atoms with van der Waals surface area (Å²) >= 11 is 5.91. The normalized spacial score (nSPS) is 9.71. The molecule has 0 aliphatic heterocycles. The maximum atomic E-state index is 11.3. The van der Waals surface area contributed by atoms with Gasteiger partial charge in [0.15, 0.2) is 0 Å². The van der Waals surface area contributed by atoms with E-state index in [1.807, 2.05) is 0 Å². The van der Waals surface area contributed by atoms with Gasteiger partial charge in [0, 0.05) is 12.7 Å². The Balaban J connectivity index is 3.32. The van der Waals surface area contributed by atoms with Crippen LogP contribution in [0.15, 0.2) is 6.07 Å². The number of aryl methyl sites for hydroxylation is 1. The van der Waals surface area contributed by atoms with Crippen LogP contribution in [0.1, 0.15) is 16.1 Å². The van der Waals surface area contributed by atoms with Crippen LogP contribution in [-0.4, -0.2) is 25.1 Å². The van der Waals surface area contributed by atoms with Gasteiger partial charge < -0.3 is 10.1 Å². The molecule has 4 nitrogen and oxygen atoms in total. The summed E-state index contributed by atoms with van der Waals surface area (Å²) in [6, 6.07) is 1.62. The fourth-order valence-corrected chi connectivity index (χ4v) is 1.43. The van der Waals surface area contributed by atoms with E-state index in [0.717, 1.165) is 5.69 Å². The van der Waals surface area contributed by atoms with Crippen LogP contribution >= 0.6 is 11.6 Å². The number of hydrogen-bond donors (Lipinski definition) is 1. The molecule has 0 bridgehead atoms. The van der Waals surface area contributed by atoms with E-state index in [1.54, 1.807) is 20.0 Å². The fourth-order valence-electron chi connectivity index (χ4n) is 1.11. The molecule has 1 N–H and O–H groups in total. The summed E-state index contributed by atoms with van der Waals surface area (Å²) in [6.07, 6.45) is 0. The molecule has 0 aliphatic carbocycles. The summed E-state index contributed by atoms with van der Waals surface area (Å²) in [4.78, 5) is 15.5. The van der Waals surface area contributed by atoms with Crippen LogP contribution in [0.3, 0.4) is 0 Å². The van der Waals surface area contributed by atoms with Crippen molar-refractivity contribution in [2.75, 3.05) is 19.5 Å². The number of hydrogen-bond acceptors (Lipinski definition) is 4. The van der Waals surface area contributed by atoms with Gasteiger partial charge in [0.2, 0.25) is 0 Å². The Kier molecular flexibility index (Phi) is 3.30. The number of nitrogens with one attached hydrogen (secondary N) is 1. The highest BCUT2D eigenvalue weighted by Crippen LogP contribution is 2.24. The van der Waals surface area contributed by atoms with Crippen molar-refractivity contribution in [3.8, 4) is 0 Å². The first-order valence-corrected chi connectivity index (χ1v) is 4.41. The van der Waals surface area contributed by atoms with Crippen LogP contribution in [0.2, 0.25) is 5.02 Å². The second-order valence-electron chi connectivity index (χ2n) is 2.71. The molecule has 76 valence electrons. The van der Waals surface area contributed by atoms with Crippen molar-refractivity contribution in [3.05, 3.63) is 22.3 Å². The number of rotatable bonds is 2. The molecule has 1 aromatic heterocycles. The number of anilines is 1.